The first-order valence-electron chi connectivity index (χ1n) is 10.1. The number of anilines is 1. The molecule has 1 saturated heterocycles. The van der Waals surface area contributed by atoms with Crippen LogP contribution in [0.2, 0.25) is 0 Å². The van der Waals surface area contributed by atoms with E-state index in [1.807, 2.05) is 11.8 Å². The Morgan fingerprint density at radius 2 is 1.79 bits per heavy atom. The second kappa shape index (κ2) is 7.78. The van der Waals surface area contributed by atoms with Gasteiger partial charge >= 0.3 is 0 Å². The van der Waals surface area contributed by atoms with Crippen LogP contribution < -0.4 is 4.72 Å². The molecule has 1 aliphatic carbocycles. The molecule has 4 rings (SSSR count). The summed E-state index contributed by atoms with van der Waals surface area (Å²) in [6.07, 6.45) is 5.59. The maximum atomic E-state index is 13.3. The third kappa shape index (κ3) is 4.01. The Hall–Kier alpha value is -2.41. The van der Waals surface area contributed by atoms with Gasteiger partial charge in [-0.2, -0.15) is 0 Å². The highest BCUT2D eigenvalue weighted by Gasteiger charge is 2.38. The fourth-order valence-corrected chi connectivity index (χ4v) is 5.63. The van der Waals surface area contributed by atoms with Crippen LogP contribution in [0.15, 0.2) is 47.4 Å². The zero-order valence-electron chi connectivity index (χ0n) is 16.4. The van der Waals surface area contributed by atoms with E-state index in [1.54, 1.807) is 6.07 Å². The minimum absolute atomic E-state index is 0.0233. The Kier molecular flexibility index (Phi) is 5.34. The van der Waals surface area contributed by atoms with Crippen molar-refractivity contribution in [1.29, 1.82) is 0 Å². The fourth-order valence-electron chi connectivity index (χ4n) is 4.54. The summed E-state index contributed by atoms with van der Waals surface area (Å²) in [7, 11) is -3.89. The third-order valence-corrected chi connectivity index (χ3v) is 7.50. The van der Waals surface area contributed by atoms with E-state index >= 15 is 0 Å². The first-order chi connectivity index (χ1) is 13.8. The molecule has 0 aromatic heterocycles. The molecule has 2 aromatic carbocycles. The zero-order chi connectivity index (χ0) is 20.6. The van der Waals surface area contributed by atoms with Gasteiger partial charge in [0.05, 0.1) is 4.90 Å². The Balaban J connectivity index is 1.60. The number of carbonyl (C=O) groups excluding carboxylic acids is 1. The Morgan fingerprint density at radius 1 is 1.07 bits per heavy atom. The summed E-state index contributed by atoms with van der Waals surface area (Å²) < 4.78 is 41.1. The highest BCUT2D eigenvalue weighted by Crippen LogP contribution is 2.37. The number of nitrogens with zero attached hydrogens (tertiary/aromatic N) is 1. The van der Waals surface area contributed by atoms with E-state index in [0.717, 1.165) is 31.4 Å². The summed E-state index contributed by atoms with van der Waals surface area (Å²) in [4.78, 5) is 15.2. The van der Waals surface area contributed by atoms with E-state index < -0.39 is 15.8 Å². The van der Waals surface area contributed by atoms with Gasteiger partial charge in [-0.3, -0.25) is 9.52 Å². The van der Waals surface area contributed by atoms with Crippen molar-refractivity contribution < 1.29 is 17.6 Å². The number of likely N-dealkylation sites (tertiary alicyclic amines) is 1. The van der Waals surface area contributed by atoms with Crippen LogP contribution in [0.5, 0.6) is 0 Å². The lowest BCUT2D eigenvalue weighted by Crippen LogP contribution is -2.39. The number of amides is 1. The molecule has 1 saturated carbocycles. The summed E-state index contributed by atoms with van der Waals surface area (Å²) in [5.74, 6) is 0.0404. The molecule has 5 nitrogen and oxygen atoms in total. The molecule has 0 spiro atoms. The summed E-state index contributed by atoms with van der Waals surface area (Å²) in [5.41, 5.74) is 1.46. The molecular formula is C22H25FN2O3S. The van der Waals surface area contributed by atoms with Gasteiger partial charge in [-0.05, 0) is 74.1 Å². The van der Waals surface area contributed by atoms with Gasteiger partial charge in [0.2, 0.25) is 0 Å². The quantitative estimate of drug-likeness (QED) is 0.806. The Morgan fingerprint density at radius 3 is 2.55 bits per heavy atom. The van der Waals surface area contributed by atoms with Crippen molar-refractivity contribution in [3.63, 3.8) is 0 Å². The third-order valence-electron chi connectivity index (χ3n) is 6.12. The summed E-state index contributed by atoms with van der Waals surface area (Å²) in [6.45, 7) is 2.56. The first kappa shape index (κ1) is 19.9. The number of halogens is 1. The van der Waals surface area contributed by atoms with Gasteiger partial charge in [-0.1, -0.05) is 18.9 Å². The van der Waals surface area contributed by atoms with Crippen LogP contribution in [-0.2, 0) is 10.0 Å². The number of hydrogen-bond acceptors (Lipinski definition) is 3. The van der Waals surface area contributed by atoms with Crippen molar-refractivity contribution in [2.75, 3.05) is 11.3 Å². The molecule has 154 valence electrons. The number of carbonyl (C=O) groups is 1. The second-order valence-corrected chi connectivity index (χ2v) is 9.67. The Bertz CT molecular complexity index is 1020. The van der Waals surface area contributed by atoms with Gasteiger partial charge in [-0.15, -0.1) is 0 Å². The smallest absolute Gasteiger partial charge is 0.261 e. The van der Waals surface area contributed by atoms with Crippen molar-refractivity contribution in [3.05, 3.63) is 59.4 Å². The predicted octanol–water partition coefficient (Wildman–Crippen LogP) is 4.34. The SMILES string of the molecule is Cc1ccc(S(=O)(=O)Nc2ccc(F)cc2)cc1C(=O)N1CCC2CCCCC21. The lowest BCUT2D eigenvalue weighted by molar-refractivity contribution is 0.0689. The maximum absolute atomic E-state index is 13.3. The van der Waals surface area contributed by atoms with Crippen molar-refractivity contribution >= 4 is 21.6 Å². The molecule has 2 aromatic rings. The van der Waals surface area contributed by atoms with Crippen LogP contribution in [0.25, 0.3) is 0 Å². The number of rotatable bonds is 4. The van der Waals surface area contributed by atoms with Gasteiger partial charge in [0.15, 0.2) is 0 Å². The van der Waals surface area contributed by atoms with Crippen molar-refractivity contribution in [3.8, 4) is 0 Å². The van der Waals surface area contributed by atoms with Gasteiger partial charge in [-0.25, -0.2) is 12.8 Å². The largest absolute Gasteiger partial charge is 0.335 e. The average Bonchev–Trinajstić information content (AvgIpc) is 3.13. The summed E-state index contributed by atoms with van der Waals surface area (Å²) >= 11 is 0. The number of sulfonamides is 1. The van der Waals surface area contributed by atoms with Crippen molar-refractivity contribution in [2.45, 2.75) is 50.0 Å². The van der Waals surface area contributed by atoms with Crippen LogP contribution in [-0.4, -0.2) is 31.8 Å². The van der Waals surface area contributed by atoms with E-state index in [-0.39, 0.29) is 22.5 Å². The highest BCUT2D eigenvalue weighted by molar-refractivity contribution is 7.92. The molecule has 0 radical (unpaired) electrons. The van der Waals surface area contributed by atoms with Crippen molar-refractivity contribution in [2.24, 2.45) is 5.92 Å². The number of aryl methyl sites for hydroxylation is 1. The van der Waals surface area contributed by atoms with Crippen LogP contribution in [0.1, 0.15) is 48.0 Å². The van der Waals surface area contributed by atoms with Gasteiger partial charge in [0, 0.05) is 23.8 Å². The monoisotopic (exact) mass is 416 g/mol. The van der Waals surface area contributed by atoms with E-state index in [0.29, 0.717) is 11.5 Å². The molecule has 2 aliphatic rings. The molecule has 1 N–H and O–H groups in total. The van der Waals surface area contributed by atoms with Gasteiger partial charge in [0.1, 0.15) is 5.82 Å². The number of nitrogens with one attached hydrogen (secondary N) is 1. The first-order valence-corrected chi connectivity index (χ1v) is 11.5. The average molecular weight is 417 g/mol. The summed E-state index contributed by atoms with van der Waals surface area (Å²) in [5, 5.41) is 0. The van der Waals surface area contributed by atoms with Gasteiger partial charge in [0.25, 0.3) is 15.9 Å². The second-order valence-electron chi connectivity index (χ2n) is 7.99. The number of fused-ring (bicyclic) bond motifs is 1. The molecule has 0 bridgehead atoms. The molecule has 1 amide bonds. The lowest BCUT2D eigenvalue weighted by atomic mass is 9.85. The van der Waals surface area contributed by atoms with E-state index in [4.69, 9.17) is 0 Å². The standard InChI is InChI=1S/C22H25FN2O3S/c1-15-6-11-19(29(27,28)24-18-9-7-17(23)8-10-18)14-20(15)22(26)25-13-12-16-4-2-3-5-21(16)25/h6-11,14,16,21,24H,2-5,12-13H2,1H3. The molecule has 7 heteroatoms. The number of benzene rings is 2. The fraction of sp³-hybridized carbons (Fsp3) is 0.409. The Labute approximate surface area is 171 Å². The summed E-state index contributed by atoms with van der Waals surface area (Å²) in [6, 6.07) is 9.99. The van der Waals surface area contributed by atoms with Crippen LogP contribution in [0.3, 0.4) is 0 Å². The van der Waals surface area contributed by atoms with E-state index in [1.165, 1.54) is 49.2 Å². The number of hydrogen-bond donors (Lipinski definition) is 1. The van der Waals surface area contributed by atoms with Crippen LogP contribution in [0, 0.1) is 18.7 Å². The van der Waals surface area contributed by atoms with Crippen LogP contribution in [0.4, 0.5) is 10.1 Å². The minimum Gasteiger partial charge on any atom is -0.335 e. The molecule has 1 heterocycles. The lowest BCUT2D eigenvalue weighted by Gasteiger charge is -2.32. The highest BCUT2D eigenvalue weighted by atomic mass is 32.2. The van der Waals surface area contributed by atoms with Crippen molar-refractivity contribution in [1.82, 2.24) is 4.90 Å². The normalized spacial score (nSPS) is 21.7. The van der Waals surface area contributed by atoms with Crippen LogP contribution >= 0.6 is 0 Å². The van der Waals surface area contributed by atoms with Gasteiger partial charge < -0.3 is 4.90 Å². The zero-order valence-corrected chi connectivity index (χ0v) is 17.2. The predicted molar refractivity (Wildman–Crippen MR) is 110 cm³/mol. The maximum Gasteiger partial charge on any atom is 0.261 e. The molecule has 29 heavy (non-hydrogen) atoms. The molecule has 2 fully saturated rings. The minimum atomic E-state index is -3.89. The molecule has 1 aliphatic heterocycles. The topological polar surface area (TPSA) is 66.5 Å². The van der Waals surface area contributed by atoms with E-state index in [9.17, 15) is 17.6 Å². The molecule has 2 unspecified atom stereocenters. The van der Waals surface area contributed by atoms with E-state index in [2.05, 4.69) is 4.72 Å². The molecular weight excluding hydrogens is 391 g/mol. The molecule has 2 atom stereocenters.